The van der Waals surface area contributed by atoms with Crippen LogP contribution in [0.15, 0.2) is 54.7 Å². The molecular weight excluding hydrogens is 420 g/mol. The number of ether oxygens (including phenoxy) is 1. The number of phenolic OH excluding ortho intramolecular Hbond substituents is 1. The Morgan fingerprint density at radius 2 is 2.00 bits per heavy atom. The Morgan fingerprint density at radius 1 is 1.24 bits per heavy atom. The smallest absolute Gasteiger partial charge is 0.251 e. The lowest BCUT2D eigenvalue weighted by Gasteiger charge is -2.38. The molecule has 1 aliphatic rings. The Bertz CT molecular complexity index is 1190. The predicted molar refractivity (Wildman–Crippen MR) is 124 cm³/mol. The van der Waals surface area contributed by atoms with Gasteiger partial charge in [0.1, 0.15) is 11.8 Å². The largest absolute Gasteiger partial charge is 0.508 e. The van der Waals surface area contributed by atoms with Crippen molar-refractivity contribution < 1.29 is 19.7 Å². The van der Waals surface area contributed by atoms with Crippen LogP contribution < -0.4 is 10.2 Å². The van der Waals surface area contributed by atoms with E-state index in [0.717, 1.165) is 11.1 Å². The summed E-state index contributed by atoms with van der Waals surface area (Å²) in [4.78, 5) is 19.5. The van der Waals surface area contributed by atoms with E-state index in [4.69, 9.17) is 4.74 Å². The van der Waals surface area contributed by atoms with Crippen LogP contribution in [0.2, 0.25) is 0 Å². The van der Waals surface area contributed by atoms with Crippen molar-refractivity contribution >= 4 is 22.5 Å². The number of hydrogen-bond acceptors (Lipinski definition) is 7. The number of benzene rings is 2. The Balaban J connectivity index is 1.51. The van der Waals surface area contributed by atoms with Crippen LogP contribution in [0.25, 0.3) is 10.9 Å². The van der Waals surface area contributed by atoms with Crippen molar-refractivity contribution in [2.75, 3.05) is 18.0 Å². The Kier molecular flexibility index (Phi) is 6.45. The minimum Gasteiger partial charge on any atom is -0.508 e. The van der Waals surface area contributed by atoms with Gasteiger partial charge in [-0.15, -0.1) is 0 Å². The second kappa shape index (κ2) is 9.45. The number of aliphatic hydroxyl groups excluding tert-OH is 1. The topological polar surface area (TPSA) is 119 Å². The van der Waals surface area contributed by atoms with E-state index in [2.05, 4.69) is 21.3 Å². The number of rotatable bonds is 5. The van der Waals surface area contributed by atoms with Crippen LogP contribution in [0, 0.1) is 11.3 Å². The molecule has 4 atom stereocenters. The van der Waals surface area contributed by atoms with E-state index in [-0.39, 0.29) is 17.8 Å². The fourth-order valence-electron chi connectivity index (χ4n) is 4.17. The van der Waals surface area contributed by atoms with Gasteiger partial charge in [-0.3, -0.25) is 9.78 Å². The lowest BCUT2D eigenvalue weighted by Crippen LogP contribution is -2.54. The average Bonchev–Trinajstić information content (AvgIpc) is 2.82. The molecular formula is C25H26N4O4. The number of phenols is 1. The molecule has 2 heterocycles. The van der Waals surface area contributed by atoms with Crippen LogP contribution in [0.3, 0.4) is 0 Å². The van der Waals surface area contributed by atoms with E-state index in [1.807, 2.05) is 25.1 Å². The summed E-state index contributed by atoms with van der Waals surface area (Å²) >= 11 is 0. The molecule has 0 aliphatic carbocycles. The van der Waals surface area contributed by atoms with Crippen LogP contribution >= 0.6 is 0 Å². The molecule has 1 saturated heterocycles. The molecule has 2 aromatic carbocycles. The maximum Gasteiger partial charge on any atom is 0.251 e. The molecule has 0 spiro atoms. The monoisotopic (exact) mass is 446 g/mol. The van der Waals surface area contributed by atoms with E-state index < -0.39 is 18.2 Å². The van der Waals surface area contributed by atoms with Gasteiger partial charge in [-0.25, -0.2) is 0 Å². The van der Waals surface area contributed by atoms with Gasteiger partial charge < -0.3 is 25.2 Å². The first kappa shape index (κ1) is 22.5. The number of aliphatic hydroxyl groups is 1. The van der Waals surface area contributed by atoms with Gasteiger partial charge in [0.2, 0.25) is 0 Å². The minimum absolute atomic E-state index is 0.109. The number of carbonyl (C=O) groups is 1. The first-order chi connectivity index (χ1) is 15.9. The average molecular weight is 447 g/mol. The van der Waals surface area contributed by atoms with Crippen molar-refractivity contribution in [2.24, 2.45) is 0 Å². The van der Waals surface area contributed by atoms with Crippen LogP contribution in [-0.4, -0.2) is 52.4 Å². The highest BCUT2D eigenvalue weighted by molar-refractivity contribution is 5.95. The second-order valence-corrected chi connectivity index (χ2v) is 8.32. The quantitative estimate of drug-likeness (QED) is 0.551. The van der Waals surface area contributed by atoms with E-state index in [0.29, 0.717) is 29.7 Å². The number of pyridine rings is 1. The zero-order valence-corrected chi connectivity index (χ0v) is 18.5. The van der Waals surface area contributed by atoms with Gasteiger partial charge in [0.15, 0.2) is 6.10 Å². The number of amides is 1. The number of carbonyl (C=O) groups excluding carboxylic acids is 1. The Hall–Kier alpha value is -3.67. The molecule has 1 fully saturated rings. The van der Waals surface area contributed by atoms with Crippen molar-refractivity contribution in [1.29, 1.82) is 5.26 Å². The van der Waals surface area contributed by atoms with Crippen LogP contribution in [0.5, 0.6) is 5.75 Å². The lowest BCUT2D eigenvalue weighted by atomic mass is 10.0. The number of morpholine rings is 1. The molecule has 1 aromatic heterocycles. The summed E-state index contributed by atoms with van der Waals surface area (Å²) in [6.45, 7) is 4.55. The number of aromatic hydroxyl groups is 1. The van der Waals surface area contributed by atoms with Gasteiger partial charge in [0.05, 0.1) is 35.9 Å². The first-order valence-electron chi connectivity index (χ1n) is 10.8. The summed E-state index contributed by atoms with van der Waals surface area (Å²) in [6, 6.07) is 15.2. The summed E-state index contributed by atoms with van der Waals surface area (Å²) in [5, 5.41) is 33.1. The zero-order chi connectivity index (χ0) is 23.5. The van der Waals surface area contributed by atoms with Crippen LogP contribution in [0.4, 0.5) is 5.69 Å². The Labute approximate surface area is 192 Å². The van der Waals surface area contributed by atoms with Crippen molar-refractivity contribution in [1.82, 2.24) is 10.3 Å². The van der Waals surface area contributed by atoms with E-state index >= 15 is 0 Å². The number of hydrogen-bond donors (Lipinski definition) is 3. The zero-order valence-electron chi connectivity index (χ0n) is 18.5. The fourth-order valence-corrected chi connectivity index (χ4v) is 4.17. The summed E-state index contributed by atoms with van der Waals surface area (Å²) in [5.41, 5.74) is 2.62. The predicted octanol–water partition coefficient (Wildman–Crippen LogP) is 2.64. The molecule has 3 N–H and O–H groups in total. The highest BCUT2D eigenvalue weighted by Crippen LogP contribution is 2.30. The highest BCUT2D eigenvalue weighted by atomic mass is 16.5. The molecule has 170 valence electrons. The number of aromatic nitrogens is 1. The molecule has 1 aliphatic heterocycles. The number of nitrogens with zero attached hydrogens (tertiary/aromatic N) is 3. The number of fused-ring (bicyclic) bond motifs is 1. The lowest BCUT2D eigenvalue weighted by molar-refractivity contribution is -0.138. The van der Waals surface area contributed by atoms with Gasteiger partial charge >= 0.3 is 0 Å². The molecule has 0 saturated carbocycles. The van der Waals surface area contributed by atoms with Crippen molar-refractivity contribution in [3.63, 3.8) is 0 Å². The number of nitriles is 1. The molecule has 4 rings (SSSR count). The van der Waals surface area contributed by atoms with Crippen molar-refractivity contribution in [3.8, 4) is 11.8 Å². The molecule has 8 heteroatoms. The molecule has 8 nitrogen and oxygen atoms in total. The molecule has 0 unspecified atom stereocenters. The third-order valence-electron chi connectivity index (χ3n) is 5.84. The molecule has 0 radical (unpaired) electrons. The SMILES string of the molecule is C[C@@H]1CN(c2ccc(C#N)c3ncccc23)C[C@H](C(=O)N[C@H](C)[C@@H](O)c2ccc(O)cc2)O1. The molecule has 33 heavy (non-hydrogen) atoms. The van der Waals surface area contributed by atoms with Crippen molar-refractivity contribution in [3.05, 3.63) is 65.9 Å². The maximum absolute atomic E-state index is 13.0. The summed E-state index contributed by atoms with van der Waals surface area (Å²) in [5.74, 6) is -0.203. The molecule has 1 amide bonds. The summed E-state index contributed by atoms with van der Waals surface area (Å²) in [7, 11) is 0. The Morgan fingerprint density at radius 3 is 2.73 bits per heavy atom. The van der Waals surface area contributed by atoms with Crippen LogP contribution in [-0.2, 0) is 9.53 Å². The van der Waals surface area contributed by atoms with Crippen molar-refractivity contribution in [2.45, 2.75) is 38.2 Å². The fraction of sp³-hybridized carbons (Fsp3) is 0.320. The molecule has 0 bridgehead atoms. The maximum atomic E-state index is 13.0. The summed E-state index contributed by atoms with van der Waals surface area (Å²) in [6.07, 6.45) is -0.202. The number of nitrogens with one attached hydrogen (secondary N) is 1. The van der Waals surface area contributed by atoms with Gasteiger partial charge in [-0.2, -0.15) is 5.26 Å². The van der Waals surface area contributed by atoms with Crippen LogP contribution in [0.1, 0.15) is 31.1 Å². The van der Waals surface area contributed by atoms with E-state index in [1.54, 1.807) is 31.3 Å². The van der Waals surface area contributed by atoms with Gasteiger partial charge in [-0.05, 0) is 55.8 Å². The second-order valence-electron chi connectivity index (χ2n) is 8.32. The van der Waals surface area contributed by atoms with Gasteiger partial charge in [0.25, 0.3) is 5.91 Å². The number of anilines is 1. The van der Waals surface area contributed by atoms with Gasteiger partial charge in [-0.1, -0.05) is 12.1 Å². The minimum atomic E-state index is -0.930. The van der Waals surface area contributed by atoms with E-state index in [1.165, 1.54) is 12.1 Å². The first-order valence-corrected chi connectivity index (χ1v) is 10.8. The standard InChI is InChI=1S/C25H26N4O4/c1-15-13-29(21-10-7-18(12-26)23-20(21)4-3-11-27-23)14-22(33-15)25(32)28-16(2)24(31)17-5-8-19(30)9-6-17/h3-11,15-16,22,24,30-31H,13-14H2,1-2H3,(H,28,32)/t15-,16-,22-,24-/m1/s1. The third kappa shape index (κ3) is 4.75. The third-order valence-corrected chi connectivity index (χ3v) is 5.84. The molecule has 3 aromatic rings. The highest BCUT2D eigenvalue weighted by Gasteiger charge is 2.33. The van der Waals surface area contributed by atoms with Gasteiger partial charge in [0, 0.05) is 23.8 Å². The normalized spacial score (nSPS) is 20.1. The summed E-state index contributed by atoms with van der Waals surface area (Å²) < 4.78 is 5.92. The van der Waals surface area contributed by atoms with E-state index in [9.17, 15) is 20.3 Å².